The number of carbonyl (C=O) groups excluding carboxylic acids is 2. The van der Waals surface area contributed by atoms with E-state index in [1.807, 2.05) is 17.5 Å². The number of anilines is 1. The van der Waals surface area contributed by atoms with Gasteiger partial charge in [-0.25, -0.2) is 4.79 Å². The summed E-state index contributed by atoms with van der Waals surface area (Å²) in [6.45, 7) is 7.16. The van der Waals surface area contributed by atoms with Gasteiger partial charge in [0.25, 0.3) is 5.91 Å². The molecule has 0 saturated carbocycles. The molecule has 3 N–H and O–H groups in total. The maximum atomic E-state index is 12.6. The number of hydrogen-bond donors (Lipinski definition) is 3. The normalized spacial score (nSPS) is 13.8. The molecule has 0 atom stereocenters. The quantitative estimate of drug-likeness (QED) is 0.479. The van der Waals surface area contributed by atoms with Gasteiger partial charge in [0.15, 0.2) is 0 Å². The molecule has 7 heteroatoms. The second-order valence-corrected chi connectivity index (χ2v) is 9.94. The van der Waals surface area contributed by atoms with Gasteiger partial charge >= 0.3 is 6.03 Å². The zero-order valence-electron chi connectivity index (χ0n) is 19.1. The fourth-order valence-electron chi connectivity index (χ4n) is 4.02. The monoisotopic (exact) mass is 462 g/mol. The number of nitrogens with one attached hydrogen (secondary N) is 3. The van der Waals surface area contributed by atoms with Gasteiger partial charge in [0.1, 0.15) is 0 Å². The van der Waals surface area contributed by atoms with Crippen LogP contribution in [0, 0.1) is 0 Å². The number of rotatable bonds is 7. The number of nitrogens with zero attached hydrogens (tertiary/aromatic N) is 1. The molecule has 3 aromatic rings. The van der Waals surface area contributed by atoms with E-state index in [0.717, 1.165) is 24.4 Å². The summed E-state index contributed by atoms with van der Waals surface area (Å²) in [5, 5.41) is 10.7. The van der Waals surface area contributed by atoms with Gasteiger partial charge in [-0.3, -0.25) is 9.69 Å². The highest BCUT2D eigenvalue weighted by atomic mass is 32.1. The van der Waals surface area contributed by atoms with Gasteiger partial charge in [0, 0.05) is 41.3 Å². The number of hydrogen-bond acceptors (Lipinski definition) is 4. The fraction of sp³-hybridized carbons (Fsp3) is 0.308. The minimum Gasteiger partial charge on any atom is -0.347 e. The van der Waals surface area contributed by atoms with Crippen LogP contribution in [0.5, 0.6) is 0 Å². The zero-order valence-corrected chi connectivity index (χ0v) is 19.9. The topological polar surface area (TPSA) is 73.5 Å². The highest BCUT2D eigenvalue weighted by molar-refractivity contribution is 7.09. The summed E-state index contributed by atoms with van der Waals surface area (Å²) in [5.41, 5.74) is 3.68. The van der Waals surface area contributed by atoms with Crippen molar-refractivity contribution in [3.05, 3.63) is 87.6 Å². The summed E-state index contributed by atoms with van der Waals surface area (Å²) in [7, 11) is 0. The summed E-state index contributed by atoms with van der Waals surface area (Å²) in [6, 6.07) is 19.2. The Morgan fingerprint density at radius 1 is 1.00 bits per heavy atom. The van der Waals surface area contributed by atoms with E-state index in [0.29, 0.717) is 24.3 Å². The lowest BCUT2D eigenvalue weighted by atomic mass is 9.94. The number of urea groups is 1. The number of fused-ring (bicyclic) bond motifs is 1. The first-order valence-electron chi connectivity index (χ1n) is 11.2. The van der Waals surface area contributed by atoms with Crippen molar-refractivity contribution in [3.8, 4) is 0 Å². The van der Waals surface area contributed by atoms with Crippen LogP contribution in [0.15, 0.2) is 66.0 Å². The Bertz CT molecular complexity index is 1110. The van der Waals surface area contributed by atoms with Crippen LogP contribution in [0.1, 0.15) is 40.2 Å². The Morgan fingerprint density at radius 3 is 2.61 bits per heavy atom. The van der Waals surface area contributed by atoms with Crippen LogP contribution in [0.3, 0.4) is 0 Å². The second-order valence-electron chi connectivity index (χ2n) is 8.90. The van der Waals surface area contributed by atoms with Crippen molar-refractivity contribution in [2.75, 3.05) is 18.4 Å². The van der Waals surface area contributed by atoms with E-state index < -0.39 is 0 Å². The van der Waals surface area contributed by atoms with Gasteiger partial charge in [-0.15, -0.1) is 11.3 Å². The molecule has 1 aliphatic rings. The van der Waals surface area contributed by atoms with Gasteiger partial charge < -0.3 is 16.0 Å². The molecule has 1 aliphatic heterocycles. The summed E-state index contributed by atoms with van der Waals surface area (Å²) in [6.07, 6.45) is 1.02. The van der Waals surface area contributed by atoms with E-state index in [-0.39, 0.29) is 17.5 Å². The molecule has 1 aromatic heterocycles. The predicted octanol–water partition coefficient (Wildman–Crippen LogP) is 4.64. The lowest BCUT2D eigenvalue weighted by Gasteiger charge is -2.41. The molecule has 6 nitrogen and oxygen atoms in total. The van der Waals surface area contributed by atoms with E-state index in [2.05, 4.69) is 59.0 Å². The van der Waals surface area contributed by atoms with Crippen LogP contribution in [0.4, 0.5) is 10.5 Å². The maximum absolute atomic E-state index is 12.6. The molecule has 172 valence electrons. The minimum atomic E-state index is -0.281. The number of amides is 3. The first kappa shape index (κ1) is 23.0. The van der Waals surface area contributed by atoms with E-state index >= 15 is 0 Å². The summed E-state index contributed by atoms with van der Waals surface area (Å²) in [4.78, 5) is 28.5. The van der Waals surface area contributed by atoms with Gasteiger partial charge in [-0.2, -0.15) is 0 Å². The summed E-state index contributed by atoms with van der Waals surface area (Å²) >= 11 is 1.60. The number of thiophene rings is 1. The first-order chi connectivity index (χ1) is 15.9. The Labute approximate surface area is 199 Å². The standard InChI is InChI=1S/C26H30N4O2S/c1-26(2,30-13-12-19-7-3-4-8-21(19)17-30)18-28-25(32)29-22-10-5-9-20(15-22)24(31)27-16-23-11-6-14-33-23/h3-11,14-15H,12-13,16-18H2,1-2H3,(H,27,31)(H2,28,29,32). The fourth-order valence-corrected chi connectivity index (χ4v) is 4.66. The first-order valence-corrected chi connectivity index (χ1v) is 12.1. The molecule has 2 aromatic carbocycles. The Balaban J connectivity index is 1.29. The molecule has 33 heavy (non-hydrogen) atoms. The Hall–Kier alpha value is -3.16. The van der Waals surface area contributed by atoms with Crippen molar-refractivity contribution in [2.45, 2.75) is 38.9 Å². The van der Waals surface area contributed by atoms with Crippen molar-refractivity contribution in [1.82, 2.24) is 15.5 Å². The Kier molecular flexibility index (Phi) is 7.11. The van der Waals surface area contributed by atoms with Gasteiger partial charge in [-0.05, 0) is 61.0 Å². The maximum Gasteiger partial charge on any atom is 0.319 e. The SMILES string of the molecule is CC(C)(CNC(=O)Nc1cccc(C(=O)NCc2cccs2)c1)N1CCc2ccccc2C1. The van der Waals surface area contributed by atoms with Crippen molar-refractivity contribution in [3.63, 3.8) is 0 Å². The zero-order chi connectivity index (χ0) is 23.3. The highest BCUT2D eigenvalue weighted by Gasteiger charge is 2.30. The third-order valence-electron chi connectivity index (χ3n) is 6.05. The van der Waals surface area contributed by atoms with Gasteiger partial charge in [0.2, 0.25) is 0 Å². The van der Waals surface area contributed by atoms with Crippen LogP contribution in [0.2, 0.25) is 0 Å². The molecule has 0 unspecified atom stereocenters. The van der Waals surface area contributed by atoms with Crippen molar-refractivity contribution < 1.29 is 9.59 Å². The van der Waals surface area contributed by atoms with Crippen molar-refractivity contribution in [1.29, 1.82) is 0 Å². The highest BCUT2D eigenvalue weighted by Crippen LogP contribution is 2.25. The molecule has 0 saturated heterocycles. The van der Waals surface area contributed by atoms with Gasteiger partial charge in [0.05, 0.1) is 6.54 Å². The molecule has 0 bridgehead atoms. The number of carbonyl (C=O) groups is 2. The Morgan fingerprint density at radius 2 is 1.82 bits per heavy atom. The van der Waals surface area contributed by atoms with E-state index in [4.69, 9.17) is 0 Å². The third-order valence-corrected chi connectivity index (χ3v) is 6.93. The van der Waals surface area contributed by atoms with Crippen molar-refractivity contribution >= 4 is 29.0 Å². The molecule has 0 fully saturated rings. The predicted molar refractivity (Wildman–Crippen MR) is 134 cm³/mol. The molecule has 2 heterocycles. The summed E-state index contributed by atoms with van der Waals surface area (Å²) < 4.78 is 0. The second kappa shape index (κ2) is 10.2. The van der Waals surface area contributed by atoms with Crippen LogP contribution in [0.25, 0.3) is 0 Å². The van der Waals surface area contributed by atoms with Crippen LogP contribution in [-0.2, 0) is 19.5 Å². The van der Waals surface area contributed by atoms with E-state index in [1.54, 1.807) is 35.6 Å². The minimum absolute atomic E-state index is 0.168. The third kappa shape index (κ3) is 6.00. The molecular weight excluding hydrogens is 432 g/mol. The van der Waals surface area contributed by atoms with Crippen LogP contribution >= 0.6 is 11.3 Å². The summed E-state index contributed by atoms with van der Waals surface area (Å²) in [5.74, 6) is -0.168. The molecule has 0 aliphatic carbocycles. The molecule has 0 radical (unpaired) electrons. The van der Waals surface area contributed by atoms with E-state index in [9.17, 15) is 9.59 Å². The van der Waals surface area contributed by atoms with Crippen LogP contribution in [-0.4, -0.2) is 35.5 Å². The molecule has 0 spiro atoms. The average molecular weight is 463 g/mol. The smallest absolute Gasteiger partial charge is 0.319 e. The lowest BCUT2D eigenvalue weighted by molar-refractivity contribution is 0.0951. The molecular formula is C26H30N4O2S. The van der Waals surface area contributed by atoms with Gasteiger partial charge in [-0.1, -0.05) is 36.4 Å². The molecule has 3 amide bonds. The average Bonchev–Trinajstić information content (AvgIpc) is 3.35. The van der Waals surface area contributed by atoms with E-state index in [1.165, 1.54) is 11.1 Å². The van der Waals surface area contributed by atoms with Crippen molar-refractivity contribution in [2.24, 2.45) is 0 Å². The number of benzene rings is 2. The molecule has 4 rings (SSSR count). The lowest BCUT2D eigenvalue weighted by Crippen LogP contribution is -2.53. The largest absolute Gasteiger partial charge is 0.347 e. The van der Waals surface area contributed by atoms with Crippen LogP contribution < -0.4 is 16.0 Å².